The molecule has 0 bridgehead atoms. The molecule has 0 radical (unpaired) electrons. The second-order valence-electron chi connectivity index (χ2n) is 7.15. The van der Waals surface area contributed by atoms with Crippen LogP contribution in [0, 0.1) is 0 Å². The third kappa shape index (κ3) is 3.52. The predicted molar refractivity (Wildman–Crippen MR) is 95.8 cm³/mol. The molecule has 8 nitrogen and oxygen atoms in total. The molecule has 0 aliphatic carbocycles. The lowest BCUT2D eigenvalue weighted by Crippen LogP contribution is -2.40. The maximum Gasteiger partial charge on any atom is 0.255 e. The predicted octanol–water partition coefficient (Wildman–Crippen LogP) is 0.995. The normalized spacial score (nSPS) is 20.5. The van der Waals surface area contributed by atoms with Crippen LogP contribution in [0.1, 0.15) is 40.5 Å². The van der Waals surface area contributed by atoms with E-state index in [-0.39, 0.29) is 11.8 Å². The maximum atomic E-state index is 12.7. The van der Waals surface area contributed by atoms with Gasteiger partial charge in [-0.1, -0.05) is 5.21 Å². The van der Waals surface area contributed by atoms with E-state index in [0.29, 0.717) is 25.3 Å². The van der Waals surface area contributed by atoms with Crippen LogP contribution in [0.3, 0.4) is 0 Å². The number of H-pyrrole nitrogens is 1. The summed E-state index contributed by atoms with van der Waals surface area (Å²) in [5.74, 6) is 0.116. The molecule has 1 unspecified atom stereocenters. The Kier molecular flexibility index (Phi) is 5.03. The number of aromatic nitrogens is 4. The van der Waals surface area contributed by atoms with Crippen LogP contribution >= 0.6 is 0 Å². The first kappa shape index (κ1) is 17.2. The molecule has 1 saturated heterocycles. The van der Waals surface area contributed by atoms with Crippen molar-refractivity contribution in [2.75, 3.05) is 39.4 Å². The molecule has 2 aromatic heterocycles. The van der Waals surface area contributed by atoms with Crippen molar-refractivity contribution < 1.29 is 9.53 Å². The third-order valence-corrected chi connectivity index (χ3v) is 5.31. The van der Waals surface area contributed by atoms with Crippen LogP contribution in [0.15, 0.2) is 18.5 Å². The number of hydrogen-bond acceptors (Lipinski definition) is 5. The number of aromatic amines is 1. The van der Waals surface area contributed by atoms with E-state index in [2.05, 4.69) is 20.2 Å². The number of likely N-dealkylation sites (tertiary alicyclic amines) is 1. The van der Waals surface area contributed by atoms with Crippen LogP contribution < -0.4 is 0 Å². The van der Waals surface area contributed by atoms with Crippen molar-refractivity contribution in [3.63, 3.8) is 0 Å². The molecule has 0 aromatic carbocycles. The molecular weight excluding hydrogens is 332 g/mol. The van der Waals surface area contributed by atoms with Crippen molar-refractivity contribution >= 4 is 5.91 Å². The Balaban J connectivity index is 1.40. The van der Waals surface area contributed by atoms with E-state index >= 15 is 0 Å². The lowest BCUT2D eigenvalue weighted by Gasteiger charge is -2.32. The lowest BCUT2D eigenvalue weighted by atomic mass is 9.98. The number of ether oxygens (including phenoxy) is 1. The van der Waals surface area contributed by atoms with Gasteiger partial charge in [-0.25, -0.2) is 0 Å². The third-order valence-electron chi connectivity index (χ3n) is 5.31. The zero-order valence-corrected chi connectivity index (χ0v) is 15.2. The second-order valence-corrected chi connectivity index (χ2v) is 7.15. The zero-order chi connectivity index (χ0) is 17.9. The highest BCUT2D eigenvalue weighted by molar-refractivity contribution is 5.94. The summed E-state index contributed by atoms with van der Waals surface area (Å²) in [6.07, 6.45) is 6.09. The van der Waals surface area contributed by atoms with Crippen molar-refractivity contribution in [3.8, 4) is 0 Å². The highest BCUT2D eigenvalue weighted by Crippen LogP contribution is 2.27. The van der Waals surface area contributed by atoms with Gasteiger partial charge in [0.25, 0.3) is 5.91 Å². The minimum Gasteiger partial charge on any atom is -0.379 e. The summed E-state index contributed by atoms with van der Waals surface area (Å²) in [6, 6.07) is 1.80. The first-order valence-electron chi connectivity index (χ1n) is 9.33. The Hall–Kier alpha value is -2.19. The average molecular weight is 358 g/mol. The molecule has 4 heterocycles. The van der Waals surface area contributed by atoms with Crippen molar-refractivity contribution in [2.24, 2.45) is 7.05 Å². The number of hydrogen-bond donors (Lipinski definition) is 1. The summed E-state index contributed by atoms with van der Waals surface area (Å²) in [7, 11) is 1.91. The van der Waals surface area contributed by atoms with E-state index in [9.17, 15) is 4.79 Å². The number of nitrogens with zero attached hydrogens (tertiary/aromatic N) is 5. The van der Waals surface area contributed by atoms with E-state index < -0.39 is 0 Å². The minimum atomic E-state index is 0.0182. The number of rotatable bonds is 6. The van der Waals surface area contributed by atoms with Gasteiger partial charge in [0.05, 0.1) is 31.0 Å². The first-order valence-corrected chi connectivity index (χ1v) is 9.33. The first-order chi connectivity index (χ1) is 12.7. The van der Waals surface area contributed by atoms with E-state index in [0.717, 1.165) is 24.5 Å². The van der Waals surface area contributed by atoms with E-state index in [1.807, 2.05) is 16.6 Å². The van der Waals surface area contributed by atoms with Crippen molar-refractivity contribution in [2.45, 2.75) is 25.3 Å². The molecule has 26 heavy (non-hydrogen) atoms. The molecule has 2 aromatic rings. The van der Waals surface area contributed by atoms with Crippen molar-refractivity contribution in [1.29, 1.82) is 0 Å². The number of fused-ring (bicyclic) bond motifs is 1. The van der Waals surface area contributed by atoms with Gasteiger partial charge in [-0.05, 0) is 32.0 Å². The molecule has 1 atom stereocenters. The van der Waals surface area contributed by atoms with Crippen LogP contribution in [0.2, 0.25) is 0 Å². The Bertz CT molecular complexity index is 735. The summed E-state index contributed by atoms with van der Waals surface area (Å²) < 4.78 is 7.80. The lowest BCUT2D eigenvalue weighted by molar-refractivity contribution is 0.0604. The topological polar surface area (TPSA) is 79.3 Å². The number of carbonyl (C=O) groups excluding carboxylic acids is 1. The molecule has 2 aliphatic rings. The fraction of sp³-hybridized carbons (Fsp3) is 0.611. The molecule has 4 rings (SSSR count). The molecule has 140 valence electrons. The van der Waals surface area contributed by atoms with Crippen LogP contribution in [0.4, 0.5) is 0 Å². The van der Waals surface area contributed by atoms with Gasteiger partial charge in [0.1, 0.15) is 5.69 Å². The maximum absolute atomic E-state index is 12.7. The number of amides is 1. The molecule has 1 amide bonds. The smallest absolute Gasteiger partial charge is 0.255 e. The summed E-state index contributed by atoms with van der Waals surface area (Å²) in [6.45, 7) is 5.78. The summed E-state index contributed by atoms with van der Waals surface area (Å²) in [5.41, 5.74) is 2.63. The van der Waals surface area contributed by atoms with Gasteiger partial charge >= 0.3 is 0 Å². The molecule has 1 N–H and O–H groups in total. The summed E-state index contributed by atoms with van der Waals surface area (Å²) in [4.78, 5) is 20.0. The molecular formula is C18H26N6O2. The second kappa shape index (κ2) is 7.59. The van der Waals surface area contributed by atoms with Crippen LogP contribution in [-0.2, 0) is 18.3 Å². The van der Waals surface area contributed by atoms with E-state index in [1.165, 1.54) is 25.9 Å². The highest BCUT2D eigenvalue weighted by Gasteiger charge is 2.33. The molecule has 8 heteroatoms. The molecule has 1 fully saturated rings. The summed E-state index contributed by atoms with van der Waals surface area (Å²) >= 11 is 0. The van der Waals surface area contributed by atoms with E-state index in [4.69, 9.17) is 4.74 Å². The van der Waals surface area contributed by atoms with Gasteiger partial charge in [-0.2, -0.15) is 0 Å². The van der Waals surface area contributed by atoms with E-state index in [1.54, 1.807) is 18.5 Å². The van der Waals surface area contributed by atoms with Gasteiger partial charge in [-0.3, -0.25) is 9.48 Å². The van der Waals surface area contributed by atoms with Crippen molar-refractivity contribution in [1.82, 2.24) is 29.8 Å². The number of carbonyl (C=O) groups is 1. The van der Waals surface area contributed by atoms with Gasteiger partial charge < -0.3 is 19.5 Å². The molecule has 2 aliphatic heterocycles. The Morgan fingerprint density at radius 3 is 3.00 bits per heavy atom. The fourth-order valence-electron chi connectivity index (χ4n) is 3.97. The Labute approximate surface area is 153 Å². The summed E-state index contributed by atoms with van der Waals surface area (Å²) in [5, 5.41) is 8.41. The van der Waals surface area contributed by atoms with Gasteiger partial charge in [0.15, 0.2) is 0 Å². The molecule has 0 spiro atoms. The van der Waals surface area contributed by atoms with Crippen molar-refractivity contribution in [3.05, 3.63) is 35.4 Å². The number of nitrogens with one attached hydrogen (secondary N) is 1. The number of aryl methyl sites for hydroxylation is 1. The standard InChI is InChI=1S/C18H26N6O2/c1-22-17-15(13-26-9-8-23-6-2-3-7-23)11-24(12-16(17)20-21-22)18(25)14-4-5-19-10-14/h4-5,10,15,19H,2-3,6-9,11-13H2,1H3. The van der Waals surface area contributed by atoms with Crippen LogP contribution in [0.5, 0.6) is 0 Å². The quantitative estimate of drug-likeness (QED) is 0.779. The highest BCUT2D eigenvalue weighted by atomic mass is 16.5. The minimum absolute atomic E-state index is 0.0182. The Morgan fingerprint density at radius 1 is 1.38 bits per heavy atom. The van der Waals surface area contributed by atoms with Gasteiger partial charge in [-0.15, -0.1) is 5.10 Å². The Morgan fingerprint density at radius 2 is 2.23 bits per heavy atom. The fourth-order valence-corrected chi connectivity index (χ4v) is 3.97. The van der Waals surface area contributed by atoms with Gasteiger partial charge in [0, 0.05) is 38.4 Å². The SMILES string of the molecule is Cn1nnc2c1C(COCCN1CCCC1)CN(C(=O)c1cc[nH]c1)C2. The monoisotopic (exact) mass is 358 g/mol. The zero-order valence-electron chi connectivity index (χ0n) is 15.2. The van der Waals surface area contributed by atoms with Gasteiger partial charge in [0.2, 0.25) is 0 Å². The van der Waals surface area contributed by atoms with Crippen LogP contribution in [-0.4, -0.2) is 75.1 Å². The average Bonchev–Trinajstić information content (AvgIpc) is 3.40. The van der Waals surface area contributed by atoms with Crippen LogP contribution in [0.25, 0.3) is 0 Å². The largest absolute Gasteiger partial charge is 0.379 e. The molecule has 0 saturated carbocycles.